The van der Waals surface area contributed by atoms with Gasteiger partial charge in [-0.15, -0.1) is 11.3 Å². The first-order valence-electron chi connectivity index (χ1n) is 8.17. The zero-order valence-corrected chi connectivity index (χ0v) is 14.9. The molecule has 2 aromatic heterocycles. The van der Waals surface area contributed by atoms with Crippen molar-refractivity contribution in [2.45, 2.75) is 38.4 Å². The molecule has 4 rings (SSSR count). The average molecular weight is 352 g/mol. The van der Waals surface area contributed by atoms with Crippen LogP contribution in [0, 0.1) is 5.41 Å². The van der Waals surface area contributed by atoms with Crippen LogP contribution >= 0.6 is 22.9 Å². The first-order chi connectivity index (χ1) is 11.2. The van der Waals surface area contributed by atoms with Gasteiger partial charge in [0.05, 0.1) is 19.3 Å². The Hall–Kier alpha value is -0.950. The lowest BCUT2D eigenvalue weighted by Crippen LogP contribution is -2.36. The van der Waals surface area contributed by atoms with Crippen molar-refractivity contribution < 1.29 is 0 Å². The van der Waals surface area contributed by atoms with E-state index in [1.54, 1.807) is 17.5 Å². The van der Waals surface area contributed by atoms with Gasteiger partial charge in [0.2, 0.25) is 0 Å². The standard InChI is InChI=1S/C16H22ClN5S/c1-21-13(17)9-20-14(21)10-22(11-15-19-6-7-23-15)12-8-16(12)2-4-18-5-3-16/h6-7,9,12,18H,2-5,8,10-11H2,1H3. The van der Waals surface area contributed by atoms with E-state index in [4.69, 9.17) is 11.6 Å². The second-order valence-electron chi connectivity index (χ2n) is 6.72. The molecule has 3 heterocycles. The Morgan fingerprint density at radius 1 is 1.39 bits per heavy atom. The van der Waals surface area contributed by atoms with Gasteiger partial charge in [0, 0.05) is 24.7 Å². The number of piperidine rings is 1. The summed E-state index contributed by atoms with van der Waals surface area (Å²) in [5.41, 5.74) is 0.511. The number of nitrogens with one attached hydrogen (secondary N) is 1. The van der Waals surface area contributed by atoms with E-state index in [2.05, 4.69) is 25.6 Å². The van der Waals surface area contributed by atoms with Crippen LogP contribution in [0.2, 0.25) is 5.15 Å². The van der Waals surface area contributed by atoms with E-state index >= 15 is 0 Å². The van der Waals surface area contributed by atoms with Crippen molar-refractivity contribution in [3.05, 3.63) is 33.8 Å². The van der Waals surface area contributed by atoms with Crippen LogP contribution in [-0.2, 0) is 20.1 Å². The predicted molar refractivity (Wildman–Crippen MR) is 92.5 cm³/mol. The molecule has 0 amide bonds. The summed E-state index contributed by atoms with van der Waals surface area (Å²) in [5.74, 6) is 1.03. The number of thiazole rings is 1. The molecule has 23 heavy (non-hydrogen) atoms. The highest BCUT2D eigenvalue weighted by Crippen LogP contribution is 2.56. The summed E-state index contributed by atoms with van der Waals surface area (Å²) in [6.07, 6.45) is 7.51. The van der Waals surface area contributed by atoms with Crippen LogP contribution in [0.5, 0.6) is 0 Å². The topological polar surface area (TPSA) is 46.0 Å². The molecule has 1 unspecified atom stereocenters. The molecule has 2 aromatic rings. The molecule has 1 aliphatic carbocycles. The maximum absolute atomic E-state index is 6.16. The Bertz CT molecular complexity index is 662. The largest absolute Gasteiger partial charge is 0.321 e. The van der Waals surface area contributed by atoms with Crippen molar-refractivity contribution in [3.63, 3.8) is 0 Å². The normalized spacial score (nSPS) is 22.8. The molecule has 1 spiro atoms. The van der Waals surface area contributed by atoms with Gasteiger partial charge in [0.15, 0.2) is 0 Å². The number of hydrogen-bond donors (Lipinski definition) is 1. The maximum atomic E-state index is 6.16. The van der Waals surface area contributed by atoms with Crippen molar-refractivity contribution in [2.24, 2.45) is 12.5 Å². The third kappa shape index (κ3) is 3.05. The number of imidazole rings is 1. The fourth-order valence-electron chi connectivity index (χ4n) is 3.84. The Balaban J connectivity index is 1.53. The molecule has 1 saturated heterocycles. The first kappa shape index (κ1) is 15.6. The summed E-state index contributed by atoms with van der Waals surface area (Å²) in [6, 6.07) is 0.643. The van der Waals surface area contributed by atoms with Crippen molar-refractivity contribution in [1.82, 2.24) is 24.8 Å². The molecule has 0 bridgehead atoms. The Morgan fingerprint density at radius 3 is 2.87 bits per heavy atom. The minimum Gasteiger partial charge on any atom is -0.321 e. The van der Waals surface area contributed by atoms with Crippen LogP contribution in [0.25, 0.3) is 0 Å². The lowest BCUT2D eigenvalue weighted by Gasteiger charge is -2.29. The van der Waals surface area contributed by atoms with Crippen LogP contribution in [-0.4, -0.2) is 38.6 Å². The van der Waals surface area contributed by atoms with Gasteiger partial charge in [-0.25, -0.2) is 9.97 Å². The second kappa shape index (κ2) is 6.16. The molecule has 0 aromatic carbocycles. The number of aromatic nitrogens is 3. The number of halogens is 1. The summed E-state index contributed by atoms with van der Waals surface area (Å²) < 4.78 is 1.98. The molecule has 1 N–H and O–H groups in total. The van der Waals surface area contributed by atoms with E-state index in [1.807, 2.05) is 17.8 Å². The van der Waals surface area contributed by atoms with Crippen LogP contribution in [0.1, 0.15) is 30.1 Å². The SMILES string of the molecule is Cn1c(Cl)cnc1CN(Cc1nccs1)C1CC12CCNCC2. The van der Waals surface area contributed by atoms with Gasteiger partial charge in [0.25, 0.3) is 0 Å². The van der Waals surface area contributed by atoms with Gasteiger partial charge in [-0.2, -0.15) is 0 Å². The summed E-state index contributed by atoms with van der Waals surface area (Å²) in [6.45, 7) is 4.04. The molecule has 1 atom stereocenters. The predicted octanol–water partition coefficient (Wildman–Crippen LogP) is 2.67. The van der Waals surface area contributed by atoms with E-state index < -0.39 is 0 Å². The molecule has 5 nitrogen and oxygen atoms in total. The summed E-state index contributed by atoms with van der Waals surface area (Å²) in [5, 5.41) is 7.42. The minimum atomic E-state index is 0.511. The first-order valence-corrected chi connectivity index (χ1v) is 9.43. The fraction of sp³-hybridized carbons (Fsp3) is 0.625. The lowest BCUT2D eigenvalue weighted by atomic mass is 9.93. The highest BCUT2D eigenvalue weighted by molar-refractivity contribution is 7.09. The van der Waals surface area contributed by atoms with Gasteiger partial charge < -0.3 is 9.88 Å². The molecular weight excluding hydrogens is 330 g/mol. The van der Waals surface area contributed by atoms with Crippen molar-refractivity contribution in [2.75, 3.05) is 13.1 Å². The monoisotopic (exact) mass is 351 g/mol. The van der Waals surface area contributed by atoms with Crippen LogP contribution in [0.15, 0.2) is 17.8 Å². The molecule has 1 saturated carbocycles. The van der Waals surface area contributed by atoms with Gasteiger partial charge in [-0.05, 0) is 37.8 Å². The quantitative estimate of drug-likeness (QED) is 0.899. The van der Waals surface area contributed by atoms with Gasteiger partial charge in [-0.3, -0.25) is 4.90 Å². The average Bonchev–Trinajstić information content (AvgIpc) is 2.88. The van der Waals surface area contributed by atoms with E-state index in [0.29, 0.717) is 16.6 Å². The van der Waals surface area contributed by atoms with Gasteiger partial charge >= 0.3 is 0 Å². The Morgan fingerprint density at radius 2 is 2.22 bits per heavy atom. The summed E-state index contributed by atoms with van der Waals surface area (Å²) in [7, 11) is 1.99. The second-order valence-corrected chi connectivity index (χ2v) is 8.09. The molecule has 124 valence electrons. The highest BCUT2D eigenvalue weighted by Gasteiger charge is 2.56. The van der Waals surface area contributed by atoms with Crippen LogP contribution < -0.4 is 5.32 Å². The highest BCUT2D eigenvalue weighted by atomic mass is 35.5. The number of hydrogen-bond acceptors (Lipinski definition) is 5. The molecule has 1 aliphatic heterocycles. The maximum Gasteiger partial charge on any atom is 0.128 e. The fourth-order valence-corrected chi connectivity index (χ4v) is 4.63. The van der Waals surface area contributed by atoms with Gasteiger partial charge in [0.1, 0.15) is 16.0 Å². The van der Waals surface area contributed by atoms with Crippen molar-refractivity contribution >= 4 is 22.9 Å². The lowest BCUT2D eigenvalue weighted by molar-refractivity contribution is 0.182. The third-order valence-corrected chi connectivity index (χ3v) is 6.50. The van der Waals surface area contributed by atoms with Crippen molar-refractivity contribution in [1.29, 1.82) is 0 Å². The Labute approximate surface area is 145 Å². The van der Waals surface area contributed by atoms with Crippen molar-refractivity contribution in [3.8, 4) is 0 Å². The molecule has 7 heteroatoms. The van der Waals surface area contributed by atoms with E-state index in [1.165, 1.54) is 24.3 Å². The molecule has 2 fully saturated rings. The van der Waals surface area contributed by atoms with E-state index in [9.17, 15) is 0 Å². The zero-order chi connectivity index (χ0) is 15.9. The van der Waals surface area contributed by atoms with E-state index in [0.717, 1.165) is 32.0 Å². The Kier molecular flexibility index (Phi) is 4.17. The van der Waals surface area contributed by atoms with E-state index in [-0.39, 0.29) is 0 Å². The third-order valence-electron chi connectivity index (χ3n) is 5.38. The molecule has 0 radical (unpaired) electrons. The summed E-state index contributed by atoms with van der Waals surface area (Å²) >= 11 is 7.89. The van der Waals surface area contributed by atoms with Gasteiger partial charge in [-0.1, -0.05) is 11.6 Å². The minimum absolute atomic E-state index is 0.511. The number of nitrogens with zero attached hydrogens (tertiary/aromatic N) is 4. The smallest absolute Gasteiger partial charge is 0.128 e. The molecule has 2 aliphatic rings. The molecular formula is C16H22ClN5S. The summed E-state index contributed by atoms with van der Waals surface area (Å²) in [4.78, 5) is 11.5. The van der Waals surface area contributed by atoms with Crippen LogP contribution in [0.4, 0.5) is 0 Å². The zero-order valence-electron chi connectivity index (χ0n) is 13.3. The number of rotatable bonds is 5. The van der Waals surface area contributed by atoms with Crippen LogP contribution in [0.3, 0.4) is 0 Å².